The van der Waals surface area contributed by atoms with E-state index in [1.807, 2.05) is 44.2 Å². The largest absolute Gasteiger partial charge is 0.375 e. The number of hydrogen-bond acceptors (Lipinski definition) is 3. The molecule has 4 nitrogen and oxygen atoms in total. The van der Waals surface area contributed by atoms with E-state index in [0.717, 1.165) is 13.1 Å². The zero-order valence-corrected chi connectivity index (χ0v) is 12.7. The number of amides is 1. The summed E-state index contributed by atoms with van der Waals surface area (Å²) in [6.45, 7) is 6.57. The topological polar surface area (TPSA) is 61.4 Å². The number of fused-ring (bicyclic) bond motifs is 1. The van der Waals surface area contributed by atoms with Crippen molar-refractivity contribution in [3.05, 3.63) is 35.9 Å². The Morgan fingerprint density at radius 2 is 1.95 bits per heavy atom. The smallest absolute Gasteiger partial charge is 0.256 e. The minimum atomic E-state index is -1.45. The van der Waals surface area contributed by atoms with Gasteiger partial charge in [-0.25, -0.2) is 0 Å². The van der Waals surface area contributed by atoms with Gasteiger partial charge in [0.2, 0.25) is 0 Å². The summed E-state index contributed by atoms with van der Waals surface area (Å²) in [5.41, 5.74) is -0.793. The first-order chi connectivity index (χ1) is 10.0. The van der Waals surface area contributed by atoms with Crippen LogP contribution in [0.4, 0.5) is 0 Å². The summed E-state index contributed by atoms with van der Waals surface area (Å²) < 4.78 is 0. The Labute approximate surface area is 125 Å². The monoisotopic (exact) mass is 288 g/mol. The van der Waals surface area contributed by atoms with Crippen LogP contribution in [-0.2, 0) is 10.4 Å². The number of piperidine rings is 1. The summed E-state index contributed by atoms with van der Waals surface area (Å²) in [5.74, 6) is 1.56. The van der Waals surface area contributed by atoms with Crippen LogP contribution in [0.2, 0.25) is 0 Å². The molecule has 2 unspecified atom stereocenters. The van der Waals surface area contributed by atoms with Crippen LogP contribution in [0.3, 0.4) is 0 Å². The Balaban J connectivity index is 1.67. The highest BCUT2D eigenvalue weighted by atomic mass is 16.3. The number of hydrogen-bond donors (Lipinski definition) is 3. The maximum absolute atomic E-state index is 12.6. The van der Waals surface area contributed by atoms with Crippen molar-refractivity contribution in [1.29, 1.82) is 0 Å². The molecule has 3 N–H and O–H groups in total. The third-order valence-corrected chi connectivity index (χ3v) is 5.16. The Kier molecular flexibility index (Phi) is 3.76. The van der Waals surface area contributed by atoms with E-state index in [9.17, 15) is 9.90 Å². The minimum absolute atomic E-state index is 0.180. The molecule has 3 rings (SSSR count). The fourth-order valence-electron chi connectivity index (χ4n) is 3.61. The fourth-order valence-corrected chi connectivity index (χ4v) is 3.61. The lowest BCUT2D eigenvalue weighted by molar-refractivity contribution is -0.146. The van der Waals surface area contributed by atoms with Gasteiger partial charge in [-0.15, -0.1) is 0 Å². The summed E-state index contributed by atoms with van der Waals surface area (Å²) >= 11 is 0. The highest BCUT2D eigenvalue weighted by molar-refractivity contribution is 5.86. The summed E-state index contributed by atoms with van der Waals surface area (Å²) in [5, 5.41) is 17.3. The quantitative estimate of drug-likeness (QED) is 0.761. The van der Waals surface area contributed by atoms with Gasteiger partial charge in [0.1, 0.15) is 0 Å². The molecule has 1 amide bonds. The molecule has 1 aliphatic heterocycles. The van der Waals surface area contributed by atoms with Gasteiger partial charge in [-0.1, -0.05) is 44.2 Å². The third-order valence-electron chi connectivity index (χ3n) is 5.16. The Morgan fingerprint density at radius 3 is 2.52 bits per heavy atom. The second kappa shape index (κ2) is 5.43. The van der Waals surface area contributed by atoms with Crippen molar-refractivity contribution in [1.82, 2.24) is 10.6 Å². The number of nitrogens with one attached hydrogen (secondary N) is 2. The van der Waals surface area contributed by atoms with E-state index in [2.05, 4.69) is 10.6 Å². The Morgan fingerprint density at radius 1 is 1.33 bits per heavy atom. The first-order valence-corrected chi connectivity index (χ1v) is 7.82. The summed E-state index contributed by atoms with van der Waals surface area (Å²) in [6.07, 6.45) is 0. The molecular weight excluding hydrogens is 264 g/mol. The molecule has 4 atom stereocenters. The van der Waals surface area contributed by atoms with Crippen LogP contribution in [0.5, 0.6) is 0 Å². The molecule has 1 aromatic carbocycles. The molecule has 4 heteroatoms. The zero-order valence-electron chi connectivity index (χ0n) is 12.7. The molecule has 0 radical (unpaired) electrons. The molecule has 21 heavy (non-hydrogen) atoms. The lowest BCUT2D eigenvalue weighted by Crippen LogP contribution is -2.48. The highest BCUT2D eigenvalue weighted by Crippen LogP contribution is 2.48. The van der Waals surface area contributed by atoms with Crippen molar-refractivity contribution in [2.45, 2.75) is 19.4 Å². The molecule has 1 saturated heterocycles. The predicted molar refractivity (Wildman–Crippen MR) is 81.5 cm³/mol. The lowest BCUT2D eigenvalue weighted by Gasteiger charge is -2.31. The highest BCUT2D eigenvalue weighted by Gasteiger charge is 2.53. The molecule has 2 fully saturated rings. The van der Waals surface area contributed by atoms with Crippen LogP contribution in [-0.4, -0.2) is 30.6 Å². The van der Waals surface area contributed by atoms with E-state index in [1.165, 1.54) is 0 Å². The van der Waals surface area contributed by atoms with Crippen molar-refractivity contribution in [3.8, 4) is 0 Å². The molecule has 1 heterocycles. The van der Waals surface area contributed by atoms with Crippen molar-refractivity contribution >= 4 is 5.91 Å². The van der Waals surface area contributed by atoms with Crippen LogP contribution in [0.25, 0.3) is 0 Å². The molecule has 0 spiro atoms. The van der Waals surface area contributed by atoms with Gasteiger partial charge in [0.05, 0.1) is 0 Å². The SMILES string of the molecule is CC(C)[C@@](O)(C(=O)NCC1C2CNC[C@H]21)c1ccccc1. The van der Waals surface area contributed by atoms with E-state index < -0.39 is 5.60 Å². The van der Waals surface area contributed by atoms with Gasteiger partial charge in [-0.05, 0) is 42.3 Å². The van der Waals surface area contributed by atoms with Gasteiger partial charge in [-0.3, -0.25) is 4.79 Å². The number of carbonyl (C=O) groups is 1. The average molecular weight is 288 g/mol. The molecule has 114 valence electrons. The summed E-state index contributed by atoms with van der Waals surface area (Å²) in [4.78, 5) is 12.6. The maximum atomic E-state index is 12.6. The molecule has 1 aromatic rings. The van der Waals surface area contributed by atoms with E-state index in [0.29, 0.717) is 29.9 Å². The molecule has 1 aliphatic carbocycles. The van der Waals surface area contributed by atoms with Crippen LogP contribution in [0, 0.1) is 23.7 Å². The molecule has 2 aliphatic rings. The number of benzene rings is 1. The number of aliphatic hydroxyl groups is 1. The van der Waals surface area contributed by atoms with Crippen molar-refractivity contribution in [2.75, 3.05) is 19.6 Å². The zero-order chi connectivity index (χ0) is 15.0. The third kappa shape index (κ3) is 2.47. The van der Waals surface area contributed by atoms with Gasteiger partial charge in [0.15, 0.2) is 5.60 Å². The average Bonchev–Trinajstić information content (AvgIpc) is 2.93. The minimum Gasteiger partial charge on any atom is -0.375 e. The molecule has 1 saturated carbocycles. The fraction of sp³-hybridized carbons (Fsp3) is 0.588. The standard InChI is InChI=1S/C17H24N2O2/c1-11(2)17(21,12-6-4-3-5-7-12)16(20)19-10-15-13-8-18-9-14(13)15/h3-7,11,13-15,18,21H,8-10H2,1-2H3,(H,19,20)/t13-,14?,15?,17+/m1/s1. The van der Waals surface area contributed by atoms with E-state index in [4.69, 9.17) is 0 Å². The van der Waals surface area contributed by atoms with Crippen LogP contribution in [0.1, 0.15) is 19.4 Å². The Hall–Kier alpha value is -1.39. The first-order valence-electron chi connectivity index (χ1n) is 7.82. The summed E-state index contributed by atoms with van der Waals surface area (Å²) in [6, 6.07) is 9.23. The van der Waals surface area contributed by atoms with Gasteiger partial charge in [0.25, 0.3) is 5.91 Å². The molecule has 0 aromatic heterocycles. The van der Waals surface area contributed by atoms with E-state index in [1.54, 1.807) is 0 Å². The second-order valence-electron chi connectivity index (χ2n) is 6.65. The number of carbonyl (C=O) groups excluding carboxylic acids is 1. The maximum Gasteiger partial charge on any atom is 0.256 e. The van der Waals surface area contributed by atoms with Crippen molar-refractivity contribution in [2.24, 2.45) is 23.7 Å². The predicted octanol–water partition coefficient (Wildman–Crippen LogP) is 1.11. The summed E-state index contributed by atoms with van der Waals surface area (Å²) in [7, 11) is 0. The normalized spacial score (nSPS) is 29.8. The van der Waals surface area contributed by atoms with Gasteiger partial charge < -0.3 is 15.7 Å². The van der Waals surface area contributed by atoms with Crippen molar-refractivity contribution < 1.29 is 9.90 Å². The van der Waals surface area contributed by atoms with Crippen LogP contribution < -0.4 is 10.6 Å². The lowest BCUT2D eigenvalue weighted by atomic mass is 9.82. The van der Waals surface area contributed by atoms with Gasteiger partial charge >= 0.3 is 0 Å². The first kappa shape index (κ1) is 14.5. The Bertz CT molecular complexity index is 507. The second-order valence-corrected chi connectivity index (χ2v) is 6.65. The van der Waals surface area contributed by atoms with E-state index in [-0.39, 0.29) is 11.8 Å². The van der Waals surface area contributed by atoms with Crippen LogP contribution in [0.15, 0.2) is 30.3 Å². The van der Waals surface area contributed by atoms with Crippen LogP contribution >= 0.6 is 0 Å². The van der Waals surface area contributed by atoms with Gasteiger partial charge in [-0.2, -0.15) is 0 Å². The number of rotatable bonds is 5. The van der Waals surface area contributed by atoms with E-state index >= 15 is 0 Å². The van der Waals surface area contributed by atoms with Gasteiger partial charge in [0, 0.05) is 6.54 Å². The molecular formula is C17H24N2O2. The van der Waals surface area contributed by atoms with Crippen molar-refractivity contribution in [3.63, 3.8) is 0 Å². The molecule has 0 bridgehead atoms.